The third kappa shape index (κ3) is 4.05. The molecule has 0 radical (unpaired) electrons. The fourth-order valence-corrected chi connectivity index (χ4v) is 8.30. The molecule has 1 aromatic rings. The van der Waals surface area contributed by atoms with Crippen LogP contribution in [0.2, 0.25) is 0 Å². The van der Waals surface area contributed by atoms with E-state index in [1.54, 1.807) is 4.31 Å². The van der Waals surface area contributed by atoms with Crippen molar-refractivity contribution in [2.75, 3.05) is 13.1 Å². The molecular weight excluding hydrogens is 396 g/mol. The monoisotopic (exact) mass is 432 g/mol. The predicted molar refractivity (Wildman–Crippen MR) is 119 cm³/mol. The first-order valence-electron chi connectivity index (χ1n) is 11.5. The molecule has 4 rings (SSSR count). The van der Waals surface area contributed by atoms with E-state index in [4.69, 9.17) is 0 Å². The summed E-state index contributed by atoms with van der Waals surface area (Å²) in [7, 11) is -3.53. The largest absolute Gasteiger partial charge is 0.353 e. The summed E-state index contributed by atoms with van der Waals surface area (Å²) in [5, 5.41) is 3.28. The summed E-state index contributed by atoms with van der Waals surface area (Å²) < 4.78 is 28.1. The Balaban J connectivity index is 1.36. The first-order chi connectivity index (χ1) is 14.2. The van der Waals surface area contributed by atoms with Crippen molar-refractivity contribution in [1.29, 1.82) is 0 Å². The van der Waals surface area contributed by atoms with Gasteiger partial charge >= 0.3 is 0 Å². The average molecular weight is 433 g/mol. The van der Waals surface area contributed by atoms with Crippen molar-refractivity contribution >= 4 is 15.9 Å². The highest BCUT2D eigenvalue weighted by Gasteiger charge is 2.42. The molecule has 5 nitrogen and oxygen atoms in total. The normalized spacial score (nSPS) is 28.6. The van der Waals surface area contributed by atoms with Crippen molar-refractivity contribution in [3.63, 3.8) is 0 Å². The van der Waals surface area contributed by atoms with Gasteiger partial charge in [0, 0.05) is 25.0 Å². The second-order valence-corrected chi connectivity index (χ2v) is 11.9. The maximum atomic E-state index is 13.3. The Morgan fingerprint density at radius 1 is 1.03 bits per heavy atom. The Hall–Kier alpha value is -1.40. The number of aryl methyl sites for hydroxylation is 3. The smallest absolute Gasteiger partial charge is 0.243 e. The van der Waals surface area contributed by atoms with Crippen LogP contribution in [0, 0.1) is 44.4 Å². The number of amides is 1. The Morgan fingerprint density at radius 3 is 2.20 bits per heavy atom. The van der Waals surface area contributed by atoms with Crippen LogP contribution in [0.3, 0.4) is 0 Å². The standard InChI is InChI=1S/C24H36N2O3S/c1-15-11-16(2)23(17(3)12-15)30(28,29)26-9-7-20(8-10-26)24(27)25-18(4)22-14-19-5-6-21(22)13-19/h11-12,18-22H,5-10,13-14H2,1-4H3,(H,25,27). The summed E-state index contributed by atoms with van der Waals surface area (Å²) in [4.78, 5) is 13.3. The molecule has 30 heavy (non-hydrogen) atoms. The van der Waals surface area contributed by atoms with Gasteiger partial charge in [0.25, 0.3) is 0 Å². The zero-order valence-corrected chi connectivity index (χ0v) is 19.6. The highest BCUT2D eigenvalue weighted by molar-refractivity contribution is 7.89. The second kappa shape index (κ2) is 8.27. The van der Waals surface area contributed by atoms with Crippen molar-refractivity contribution in [2.45, 2.75) is 77.2 Å². The lowest BCUT2D eigenvalue weighted by Crippen LogP contribution is -2.47. The summed E-state index contributed by atoms with van der Waals surface area (Å²) in [5.74, 6) is 2.32. The van der Waals surface area contributed by atoms with Crippen LogP contribution in [0.1, 0.15) is 62.1 Å². The van der Waals surface area contributed by atoms with E-state index in [2.05, 4.69) is 12.2 Å². The highest BCUT2D eigenvalue weighted by atomic mass is 32.2. The number of nitrogens with zero attached hydrogens (tertiary/aromatic N) is 1. The number of nitrogens with one attached hydrogen (secondary N) is 1. The summed E-state index contributed by atoms with van der Waals surface area (Å²) in [6, 6.07) is 4.08. The Kier molecular flexibility index (Phi) is 6.01. The van der Waals surface area contributed by atoms with E-state index in [9.17, 15) is 13.2 Å². The molecule has 1 saturated heterocycles. The maximum Gasteiger partial charge on any atom is 0.243 e. The third-order valence-corrected chi connectivity index (χ3v) is 10.0. The Morgan fingerprint density at radius 2 is 1.67 bits per heavy atom. The molecule has 166 valence electrons. The number of benzene rings is 1. The average Bonchev–Trinajstić information content (AvgIpc) is 3.30. The van der Waals surface area contributed by atoms with Crippen LogP contribution >= 0.6 is 0 Å². The Bertz CT molecular complexity index is 895. The zero-order chi connectivity index (χ0) is 21.6. The summed E-state index contributed by atoms with van der Waals surface area (Å²) in [6.45, 7) is 8.70. The van der Waals surface area contributed by atoms with Crippen molar-refractivity contribution in [3.05, 3.63) is 28.8 Å². The van der Waals surface area contributed by atoms with Gasteiger partial charge in [-0.25, -0.2) is 8.42 Å². The molecule has 2 aliphatic carbocycles. The van der Waals surface area contributed by atoms with Gasteiger partial charge in [0.1, 0.15) is 0 Å². The van der Waals surface area contributed by atoms with Crippen LogP contribution in [0.5, 0.6) is 0 Å². The number of rotatable bonds is 5. The molecular formula is C24H36N2O3S. The van der Waals surface area contributed by atoms with Crippen LogP contribution in [-0.4, -0.2) is 37.8 Å². The van der Waals surface area contributed by atoms with Crippen LogP contribution in [0.25, 0.3) is 0 Å². The van der Waals surface area contributed by atoms with Gasteiger partial charge in [-0.2, -0.15) is 4.31 Å². The molecule has 4 atom stereocenters. The molecule has 6 heteroatoms. The van der Waals surface area contributed by atoms with Crippen LogP contribution in [-0.2, 0) is 14.8 Å². The van der Waals surface area contributed by atoms with Crippen LogP contribution < -0.4 is 5.32 Å². The molecule has 4 unspecified atom stereocenters. The molecule has 2 saturated carbocycles. The van der Waals surface area contributed by atoms with Crippen LogP contribution in [0.4, 0.5) is 0 Å². The molecule has 1 aromatic carbocycles. The predicted octanol–water partition coefficient (Wildman–Crippen LogP) is 3.95. The second-order valence-electron chi connectivity index (χ2n) is 10.0. The molecule has 3 fully saturated rings. The number of piperidine rings is 1. The van der Waals surface area contributed by atoms with Gasteiger partial charge in [0.05, 0.1) is 4.90 Å². The summed E-state index contributed by atoms with van der Waals surface area (Å²) >= 11 is 0. The fraction of sp³-hybridized carbons (Fsp3) is 0.708. The molecule has 0 spiro atoms. The van der Waals surface area contributed by atoms with Gasteiger partial charge in [-0.1, -0.05) is 24.1 Å². The van der Waals surface area contributed by atoms with Crippen molar-refractivity contribution in [1.82, 2.24) is 9.62 Å². The van der Waals surface area contributed by atoms with Gasteiger partial charge in [-0.15, -0.1) is 0 Å². The molecule has 3 aliphatic rings. The van der Waals surface area contributed by atoms with E-state index in [1.165, 1.54) is 25.7 Å². The van der Waals surface area contributed by atoms with Gasteiger partial charge in [-0.05, 0) is 88.7 Å². The number of fused-ring (bicyclic) bond motifs is 2. The van der Waals surface area contributed by atoms with Crippen molar-refractivity contribution < 1.29 is 13.2 Å². The number of sulfonamides is 1. The number of hydrogen-bond acceptors (Lipinski definition) is 3. The minimum atomic E-state index is -3.53. The van der Waals surface area contributed by atoms with Crippen molar-refractivity contribution in [2.24, 2.45) is 23.7 Å². The van der Waals surface area contributed by atoms with E-state index in [1.807, 2.05) is 32.9 Å². The molecule has 1 aliphatic heterocycles. The van der Waals surface area contributed by atoms with E-state index >= 15 is 0 Å². The minimum Gasteiger partial charge on any atom is -0.353 e. The summed E-state index contributed by atoms with van der Waals surface area (Å²) in [5.41, 5.74) is 2.67. The molecule has 1 amide bonds. The number of hydrogen-bond donors (Lipinski definition) is 1. The maximum absolute atomic E-state index is 13.3. The Labute approximate surface area is 181 Å². The lowest BCUT2D eigenvalue weighted by atomic mass is 9.83. The number of carbonyl (C=O) groups is 1. The lowest BCUT2D eigenvalue weighted by Gasteiger charge is -2.33. The molecule has 2 bridgehead atoms. The molecule has 1 N–H and O–H groups in total. The first-order valence-corrected chi connectivity index (χ1v) is 13.0. The van der Waals surface area contributed by atoms with E-state index < -0.39 is 10.0 Å². The minimum absolute atomic E-state index is 0.0855. The van der Waals surface area contributed by atoms with Crippen LogP contribution in [0.15, 0.2) is 17.0 Å². The van der Waals surface area contributed by atoms with Gasteiger partial charge in [-0.3, -0.25) is 4.79 Å². The molecule has 0 aromatic heterocycles. The lowest BCUT2D eigenvalue weighted by molar-refractivity contribution is -0.127. The first kappa shape index (κ1) is 21.8. The fourth-order valence-electron chi connectivity index (χ4n) is 6.42. The van der Waals surface area contributed by atoms with Crippen molar-refractivity contribution in [3.8, 4) is 0 Å². The highest BCUT2D eigenvalue weighted by Crippen LogP contribution is 2.49. The zero-order valence-electron chi connectivity index (χ0n) is 18.8. The van der Waals surface area contributed by atoms with E-state index in [0.717, 1.165) is 28.5 Å². The van der Waals surface area contributed by atoms with E-state index in [0.29, 0.717) is 36.7 Å². The van der Waals surface area contributed by atoms with Gasteiger partial charge in [0.2, 0.25) is 15.9 Å². The quantitative estimate of drug-likeness (QED) is 0.766. The number of carbonyl (C=O) groups excluding carboxylic acids is 1. The molecule has 1 heterocycles. The van der Waals surface area contributed by atoms with Gasteiger partial charge in [0.15, 0.2) is 0 Å². The van der Waals surface area contributed by atoms with Gasteiger partial charge < -0.3 is 5.32 Å². The topological polar surface area (TPSA) is 66.5 Å². The summed E-state index contributed by atoms with van der Waals surface area (Å²) in [6.07, 6.45) is 6.49. The van der Waals surface area contributed by atoms with E-state index in [-0.39, 0.29) is 17.9 Å². The third-order valence-electron chi connectivity index (χ3n) is 7.83. The SMILES string of the molecule is Cc1cc(C)c(S(=O)(=O)N2CCC(C(=O)NC(C)C3CC4CCC3C4)CC2)c(C)c1.